The Balaban J connectivity index is 2.47. The molecule has 1 heterocycles. The Kier molecular flexibility index (Phi) is 0.219. The van der Waals surface area contributed by atoms with Crippen molar-refractivity contribution in [3.8, 4) is 0 Å². The van der Waals surface area contributed by atoms with Crippen molar-refractivity contribution in [3.05, 3.63) is 12.3 Å². The van der Waals surface area contributed by atoms with Crippen LogP contribution < -0.4 is 0 Å². The first kappa shape index (κ1) is 1.82. The van der Waals surface area contributed by atoms with Crippen LogP contribution in [0.1, 0.15) is 0 Å². The summed E-state index contributed by atoms with van der Waals surface area (Å²) in [6.07, 6.45) is 4.32. The summed E-state index contributed by atoms with van der Waals surface area (Å²) in [6, 6.07) is 0. The van der Waals surface area contributed by atoms with E-state index in [0.29, 0.717) is 0 Å². The molecule has 0 amide bonds. The van der Waals surface area contributed by atoms with E-state index in [4.69, 9.17) is 0 Å². The van der Waals surface area contributed by atoms with Gasteiger partial charge in [0.15, 0.2) is 0 Å². The summed E-state index contributed by atoms with van der Waals surface area (Å²) in [5.41, 5.74) is 0. The van der Waals surface area contributed by atoms with Crippen LogP contribution in [-0.4, -0.2) is 6.61 Å². The Labute approximate surface area is 24.9 Å². The molecule has 0 aliphatic carbocycles. The number of rotatable bonds is 0. The first-order chi connectivity index (χ1) is 2.00. The van der Waals surface area contributed by atoms with E-state index in [2.05, 4.69) is 11.0 Å². The summed E-state index contributed by atoms with van der Waals surface area (Å²) in [5, 5.41) is 0. The normalized spacial score (nSPS) is 18.0. The summed E-state index contributed by atoms with van der Waals surface area (Å²) in [7, 11) is 0. The second-order valence-electron chi connectivity index (χ2n) is 0.633. The monoisotopic (exact) mass is 55.0 g/mol. The van der Waals surface area contributed by atoms with Crippen LogP contribution in [0.5, 0.6) is 0 Å². The molecule has 0 saturated heterocycles. The minimum atomic E-state index is 0.764. The molecule has 0 aromatic carbocycles. The van der Waals surface area contributed by atoms with E-state index in [0.717, 1.165) is 6.61 Å². The maximum absolute atomic E-state index is 4.42. The van der Waals surface area contributed by atoms with Gasteiger partial charge in [0.05, 0.1) is 0 Å². The molecule has 0 atom stereocenters. The average Bonchev–Trinajstić information content (AvgIpc) is 0.722. The van der Waals surface area contributed by atoms with Crippen LogP contribution in [0.4, 0.5) is 0 Å². The highest BCUT2D eigenvalue weighted by molar-refractivity contribution is 4.74. The Morgan fingerprint density at radius 2 is 2.25 bits per heavy atom. The van der Waals surface area contributed by atoms with E-state index in [9.17, 15) is 0 Å². The van der Waals surface area contributed by atoms with Gasteiger partial charge in [-0.1, -0.05) is 0 Å². The van der Waals surface area contributed by atoms with Crippen molar-refractivity contribution >= 4 is 0 Å². The lowest BCUT2D eigenvalue weighted by atomic mass is 10.6. The molecule has 1 nitrogen and oxygen atoms in total. The van der Waals surface area contributed by atoms with Crippen molar-refractivity contribution in [1.82, 2.24) is 0 Å². The molecule has 0 aromatic rings. The molecule has 1 aliphatic rings. The predicted octanol–water partition coefficient (Wildman–Crippen LogP) is 0.333. The molecule has 1 heteroatoms. The molecular formula is C3H3O-. The van der Waals surface area contributed by atoms with Crippen LogP contribution in [0.2, 0.25) is 0 Å². The molecule has 0 bridgehead atoms. The smallest absolute Gasteiger partial charge is 0.0348 e. The lowest BCUT2D eigenvalue weighted by molar-refractivity contribution is 0.217. The van der Waals surface area contributed by atoms with E-state index < -0.39 is 0 Å². The van der Waals surface area contributed by atoms with Crippen molar-refractivity contribution in [2.45, 2.75) is 0 Å². The standard InChI is InChI=1S/C3H3O/c1-2-4-3-1/h1H,2H2/q-1. The molecular weight excluding hydrogens is 52.0 g/mol. The largest absolute Gasteiger partial charge is 0.692 e. The quantitative estimate of drug-likeness (QED) is 0.363. The summed E-state index contributed by atoms with van der Waals surface area (Å²) in [4.78, 5) is 0. The molecule has 0 spiro atoms. The van der Waals surface area contributed by atoms with Crippen LogP contribution in [0.25, 0.3) is 0 Å². The van der Waals surface area contributed by atoms with Gasteiger partial charge in [0.2, 0.25) is 0 Å². The Hall–Kier alpha value is -0.460. The van der Waals surface area contributed by atoms with Gasteiger partial charge < -0.3 is 11.0 Å². The molecule has 4 heavy (non-hydrogen) atoms. The Morgan fingerprint density at radius 3 is 2.25 bits per heavy atom. The molecule has 1 rings (SSSR count). The zero-order chi connectivity index (χ0) is 2.83. The highest BCUT2D eigenvalue weighted by atomic mass is 16.5. The molecule has 0 N–H and O–H groups in total. The topological polar surface area (TPSA) is 9.23 Å². The second kappa shape index (κ2) is 0.481. The lowest BCUT2D eigenvalue weighted by Crippen LogP contribution is -1.90. The van der Waals surface area contributed by atoms with Crippen LogP contribution in [0.3, 0.4) is 0 Å². The van der Waals surface area contributed by atoms with Crippen molar-refractivity contribution in [2.24, 2.45) is 0 Å². The Morgan fingerprint density at radius 1 is 2.00 bits per heavy atom. The van der Waals surface area contributed by atoms with Gasteiger partial charge in [-0.3, -0.25) is 0 Å². The second-order valence-corrected chi connectivity index (χ2v) is 0.633. The third-order valence-corrected chi connectivity index (χ3v) is 0.333. The minimum Gasteiger partial charge on any atom is -0.692 e. The fourth-order valence-corrected chi connectivity index (χ4v) is 0.0833. The third-order valence-electron chi connectivity index (χ3n) is 0.333. The lowest BCUT2D eigenvalue weighted by Gasteiger charge is -2.19. The van der Waals surface area contributed by atoms with E-state index >= 15 is 0 Å². The molecule has 0 fully saturated rings. The van der Waals surface area contributed by atoms with Gasteiger partial charge in [-0.15, -0.1) is 0 Å². The molecule has 0 unspecified atom stereocenters. The van der Waals surface area contributed by atoms with Gasteiger partial charge in [-0.25, -0.2) is 6.08 Å². The molecule has 1 aliphatic heterocycles. The van der Waals surface area contributed by atoms with Gasteiger partial charge in [-0.05, 0) is 0 Å². The van der Waals surface area contributed by atoms with Crippen LogP contribution in [-0.2, 0) is 4.74 Å². The summed E-state index contributed by atoms with van der Waals surface area (Å²) >= 11 is 0. The molecule has 22 valence electrons. The number of hydrogen-bond donors (Lipinski definition) is 0. The molecule has 0 aromatic heterocycles. The zero-order valence-corrected chi connectivity index (χ0v) is 2.19. The minimum absolute atomic E-state index is 0.764. The van der Waals surface area contributed by atoms with E-state index in [1.54, 1.807) is 0 Å². The highest BCUT2D eigenvalue weighted by Gasteiger charge is 1.60. The SMILES string of the molecule is [C-]1=CCO1. The maximum atomic E-state index is 4.42. The van der Waals surface area contributed by atoms with Crippen molar-refractivity contribution < 1.29 is 4.74 Å². The first-order valence-electron chi connectivity index (χ1n) is 1.19. The van der Waals surface area contributed by atoms with Crippen LogP contribution in [0, 0.1) is 6.26 Å². The van der Waals surface area contributed by atoms with Crippen molar-refractivity contribution in [3.63, 3.8) is 0 Å². The van der Waals surface area contributed by atoms with Gasteiger partial charge in [0.25, 0.3) is 0 Å². The first-order valence-corrected chi connectivity index (χ1v) is 1.19. The number of ether oxygens (including phenoxy) is 1. The van der Waals surface area contributed by atoms with Crippen molar-refractivity contribution in [2.75, 3.05) is 6.61 Å². The summed E-state index contributed by atoms with van der Waals surface area (Å²) < 4.78 is 4.42. The fourth-order valence-electron chi connectivity index (χ4n) is 0.0833. The molecule has 0 saturated carbocycles. The van der Waals surface area contributed by atoms with Crippen molar-refractivity contribution in [1.29, 1.82) is 0 Å². The fraction of sp³-hybridized carbons (Fsp3) is 0.333. The van der Waals surface area contributed by atoms with E-state index in [1.165, 1.54) is 0 Å². The molecule has 0 radical (unpaired) electrons. The van der Waals surface area contributed by atoms with E-state index in [1.807, 2.05) is 6.08 Å². The van der Waals surface area contributed by atoms with Crippen LogP contribution in [0.15, 0.2) is 6.08 Å². The highest BCUT2D eigenvalue weighted by Crippen LogP contribution is 1.85. The predicted molar refractivity (Wildman–Crippen MR) is 13.8 cm³/mol. The summed E-state index contributed by atoms with van der Waals surface area (Å²) in [6.45, 7) is 0.764. The van der Waals surface area contributed by atoms with Gasteiger partial charge in [-0.2, -0.15) is 0 Å². The van der Waals surface area contributed by atoms with Gasteiger partial charge >= 0.3 is 0 Å². The third kappa shape index (κ3) is 0.0358. The zero-order valence-electron chi connectivity index (χ0n) is 2.19. The number of hydrogen-bond acceptors (Lipinski definition) is 1. The summed E-state index contributed by atoms with van der Waals surface area (Å²) in [5.74, 6) is 0. The van der Waals surface area contributed by atoms with Crippen LogP contribution >= 0.6 is 0 Å². The average molecular weight is 55.1 g/mol. The maximum Gasteiger partial charge on any atom is 0.0348 e. The van der Waals surface area contributed by atoms with E-state index in [-0.39, 0.29) is 0 Å². The van der Waals surface area contributed by atoms with Gasteiger partial charge in [0, 0.05) is 6.61 Å². The Bertz CT molecular complexity index is 32.5. The van der Waals surface area contributed by atoms with Gasteiger partial charge in [0.1, 0.15) is 0 Å².